The summed E-state index contributed by atoms with van der Waals surface area (Å²) in [6.07, 6.45) is 3.21. The Labute approximate surface area is 211 Å². The molecule has 3 aromatic rings. The van der Waals surface area contributed by atoms with Crippen LogP contribution >= 0.6 is 0 Å². The summed E-state index contributed by atoms with van der Waals surface area (Å²) in [4.78, 5) is 33.6. The van der Waals surface area contributed by atoms with Crippen molar-refractivity contribution in [3.05, 3.63) is 58.4 Å². The van der Waals surface area contributed by atoms with Crippen molar-refractivity contribution in [2.75, 3.05) is 46.0 Å². The van der Waals surface area contributed by atoms with Crippen molar-refractivity contribution in [2.45, 2.75) is 32.7 Å². The first-order valence-corrected chi connectivity index (χ1v) is 12.9. The summed E-state index contributed by atoms with van der Waals surface area (Å²) >= 11 is 0. The summed E-state index contributed by atoms with van der Waals surface area (Å²) in [5, 5.41) is 3.42. The number of nitrogens with zero attached hydrogens (tertiary/aromatic N) is 3. The van der Waals surface area contributed by atoms with Gasteiger partial charge < -0.3 is 14.8 Å². The van der Waals surface area contributed by atoms with Crippen LogP contribution in [-0.2, 0) is 16.1 Å². The number of carbonyl (C=O) groups excluding carboxylic acids is 1. The Bertz CT molecular complexity index is 1280. The molecule has 1 saturated carbocycles. The molecule has 0 bridgehead atoms. The molecule has 0 unspecified atom stereocenters. The SMILES string of the molecule is Cc1cccc(-c2nc3ccc(OCCCN4CCOCC4)cc3c(=O)n2CC(=O)NCC2CC2)c1. The van der Waals surface area contributed by atoms with E-state index in [2.05, 4.69) is 10.2 Å². The lowest BCUT2D eigenvalue weighted by Gasteiger charge is -2.26. The normalized spacial score (nSPS) is 16.2. The van der Waals surface area contributed by atoms with Gasteiger partial charge in [0.25, 0.3) is 5.56 Å². The highest BCUT2D eigenvalue weighted by atomic mass is 16.5. The van der Waals surface area contributed by atoms with Gasteiger partial charge in [0.05, 0.1) is 30.7 Å². The maximum absolute atomic E-state index is 13.7. The second-order valence-corrected chi connectivity index (χ2v) is 9.78. The molecule has 5 rings (SSSR count). The summed E-state index contributed by atoms with van der Waals surface area (Å²) in [6.45, 7) is 7.60. The van der Waals surface area contributed by atoms with E-state index in [0.717, 1.165) is 63.2 Å². The molecule has 0 atom stereocenters. The summed E-state index contributed by atoms with van der Waals surface area (Å²) in [5.41, 5.74) is 2.23. The fourth-order valence-electron chi connectivity index (χ4n) is 4.52. The summed E-state index contributed by atoms with van der Waals surface area (Å²) < 4.78 is 12.9. The van der Waals surface area contributed by atoms with E-state index in [1.165, 1.54) is 4.57 Å². The molecule has 190 valence electrons. The lowest BCUT2D eigenvalue weighted by molar-refractivity contribution is -0.121. The second-order valence-electron chi connectivity index (χ2n) is 9.78. The summed E-state index contributed by atoms with van der Waals surface area (Å²) in [6, 6.07) is 13.3. The van der Waals surface area contributed by atoms with Gasteiger partial charge in [0, 0.05) is 31.7 Å². The van der Waals surface area contributed by atoms with Crippen LogP contribution in [0.3, 0.4) is 0 Å². The van der Waals surface area contributed by atoms with E-state index in [4.69, 9.17) is 14.5 Å². The molecule has 1 aromatic heterocycles. The first kappa shape index (κ1) is 24.5. The van der Waals surface area contributed by atoms with Gasteiger partial charge in [-0.3, -0.25) is 19.1 Å². The number of morpholine rings is 1. The Morgan fingerprint density at radius 2 is 2.00 bits per heavy atom. The number of ether oxygens (including phenoxy) is 2. The van der Waals surface area contributed by atoms with Crippen LogP contribution in [0.2, 0.25) is 0 Å². The monoisotopic (exact) mass is 490 g/mol. The molecule has 2 aromatic carbocycles. The molecule has 36 heavy (non-hydrogen) atoms. The third kappa shape index (κ3) is 6.12. The minimum atomic E-state index is -0.239. The van der Waals surface area contributed by atoms with Gasteiger partial charge in [-0.2, -0.15) is 0 Å². The molecular weight excluding hydrogens is 456 g/mol. The molecule has 1 amide bonds. The van der Waals surface area contributed by atoms with Gasteiger partial charge in [-0.15, -0.1) is 0 Å². The number of hydrogen-bond acceptors (Lipinski definition) is 6. The molecule has 2 aliphatic rings. The molecule has 2 heterocycles. The maximum atomic E-state index is 13.7. The number of aryl methyl sites for hydroxylation is 1. The number of aromatic nitrogens is 2. The number of amides is 1. The van der Waals surface area contributed by atoms with Crippen molar-refractivity contribution in [2.24, 2.45) is 5.92 Å². The van der Waals surface area contributed by atoms with Crippen LogP contribution in [0.4, 0.5) is 0 Å². The van der Waals surface area contributed by atoms with Crippen LogP contribution in [0.5, 0.6) is 5.75 Å². The number of benzene rings is 2. The quantitative estimate of drug-likeness (QED) is 0.440. The third-order valence-electron chi connectivity index (χ3n) is 6.78. The highest BCUT2D eigenvalue weighted by Crippen LogP contribution is 2.27. The van der Waals surface area contributed by atoms with Crippen LogP contribution < -0.4 is 15.6 Å². The predicted molar refractivity (Wildman–Crippen MR) is 139 cm³/mol. The number of nitrogens with one attached hydrogen (secondary N) is 1. The van der Waals surface area contributed by atoms with Crippen molar-refractivity contribution in [3.8, 4) is 17.1 Å². The third-order valence-corrected chi connectivity index (χ3v) is 6.78. The number of fused-ring (bicyclic) bond motifs is 1. The van der Waals surface area contributed by atoms with Crippen molar-refractivity contribution in [1.82, 2.24) is 19.8 Å². The topological polar surface area (TPSA) is 85.7 Å². The molecule has 8 nitrogen and oxygen atoms in total. The summed E-state index contributed by atoms with van der Waals surface area (Å²) in [5.74, 6) is 1.53. The lowest BCUT2D eigenvalue weighted by Crippen LogP contribution is -2.37. The van der Waals surface area contributed by atoms with Gasteiger partial charge in [-0.1, -0.05) is 23.8 Å². The van der Waals surface area contributed by atoms with Gasteiger partial charge in [-0.25, -0.2) is 4.98 Å². The van der Waals surface area contributed by atoms with E-state index >= 15 is 0 Å². The standard InChI is InChI=1S/C28H34N4O4/c1-20-4-2-5-22(16-20)27-30-25-9-8-23(36-13-3-10-31-11-14-35-15-12-31)17-24(25)28(34)32(27)19-26(33)29-18-21-6-7-21/h2,4-5,8-9,16-17,21H,3,6-7,10-15,18-19H2,1H3,(H,29,33). The second kappa shape index (κ2) is 11.2. The Morgan fingerprint density at radius 3 is 2.78 bits per heavy atom. The fraction of sp³-hybridized carbons (Fsp3) is 0.464. The lowest BCUT2D eigenvalue weighted by atomic mass is 10.1. The molecule has 0 spiro atoms. The Morgan fingerprint density at radius 1 is 1.17 bits per heavy atom. The Hall–Kier alpha value is -3.23. The smallest absolute Gasteiger partial charge is 0.262 e. The van der Waals surface area contributed by atoms with Gasteiger partial charge in [-0.05, 0) is 56.4 Å². The van der Waals surface area contributed by atoms with E-state index in [9.17, 15) is 9.59 Å². The number of rotatable bonds is 10. The van der Waals surface area contributed by atoms with Crippen LogP contribution in [0.1, 0.15) is 24.8 Å². The van der Waals surface area contributed by atoms with Gasteiger partial charge in [0.1, 0.15) is 18.1 Å². The average Bonchev–Trinajstić information content (AvgIpc) is 3.72. The molecule has 1 saturated heterocycles. The zero-order valence-corrected chi connectivity index (χ0v) is 20.9. The van der Waals surface area contributed by atoms with Gasteiger partial charge in [0.2, 0.25) is 5.91 Å². The van der Waals surface area contributed by atoms with Crippen molar-refractivity contribution < 1.29 is 14.3 Å². The summed E-state index contributed by atoms with van der Waals surface area (Å²) in [7, 11) is 0. The first-order chi connectivity index (χ1) is 17.6. The van der Waals surface area contributed by atoms with Gasteiger partial charge in [0.15, 0.2) is 0 Å². The molecule has 1 aliphatic heterocycles. The minimum absolute atomic E-state index is 0.0671. The van der Waals surface area contributed by atoms with Crippen LogP contribution in [-0.4, -0.2) is 66.4 Å². The predicted octanol–water partition coefficient (Wildman–Crippen LogP) is 3.00. The molecule has 8 heteroatoms. The number of hydrogen-bond donors (Lipinski definition) is 1. The van der Waals surface area contributed by atoms with Gasteiger partial charge >= 0.3 is 0 Å². The van der Waals surface area contributed by atoms with E-state index < -0.39 is 0 Å². The molecule has 1 aliphatic carbocycles. The van der Waals surface area contributed by atoms with E-state index in [-0.39, 0.29) is 18.0 Å². The van der Waals surface area contributed by atoms with Crippen molar-refractivity contribution in [1.29, 1.82) is 0 Å². The van der Waals surface area contributed by atoms with E-state index in [1.807, 2.05) is 43.3 Å². The molecule has 2 fully saturated rings. The highest BCUT2D eigenvalue weighted by Gasteiger charge is 2.22. The number of carbonyl (C=O) groups is 1. The fourth-order valence-corrected chi connectivity index (χ4v) is 4.52. The van der Waals surface area contributed by atoms with Crippen molar-refractivity contribution in [3.63, 3.8) is 0 Å². The Kier molecular flexibility index (Phi) is 7.63. The highest BCUT2D eigenvalue weighted by molar-refractivity contribution is 5.83. The van der Waals surface area contributed by atoms with Crippen LogP contribution in [0.25, 0.3) is 22.3 Å². The largest absolute Gasteiger partial charge is 0.494 e. The molecule has 0 radical (unpaired) electrons. The molecular formula is C28H34N4O4. The van der Waals surface area contributed by atoms with E-state index in [1.54, 1.807) is 6.07 Å². The zero-order valence-electron chi connectivity index (χ0n) is 20.9. The Balaban J connectivity index is 1.37. The van der Waals surface area contributed by atoms with E-state index in [0.29, 0.717) is 41.5 Å². The first-order valence-electron chi connectivity index (χ1n) is 12.9. The van der Waals surface area contributed by atoms with Crippen LogP contribution in [0.15, 0.2) is 47.3 Å². The molecule has 1 N–H and O–H groups in total. The maximum Gasteiger partial charge on any atom is 0.262 e. The zero-order chi connectivity index (χ0) is 24.9. The van der Waals surface area contributed by atoms with Crippen molar-refractivity contribution >= 4 is 16.8 Å². The van der Waals surface area contributed by atoms with Crippen LogP contribution in [0, 0.1) is 12.8 Å². The minimum Gasteiger partial charge on any atom is -0.494 e. The average molecular weight is 491 g/mol.